The van der Waals surface area contributed by atoms with Gasteiger partial charge in [0.1, 0.15) is 0 Å². The summed E-state index contributed by atoms with van der Waals surface area (Å²) in [4.78, 5) is 4.59. The van der Waals surface area contributed by atoms with Gasteiger partial charge in [0.2, 0.25) is 5.89 Å². The van der Waals surface area contributed by atoms with Crippen molar-refractivity contribution in [2.45, 2.75) is 45.1 Å². The van der Waals surface area contributed by atoms with Crippen molar-refractivity contribution in [3.63, 3.8) is 0 Å². The summed E-state index contributed by atoms with van der Waals surface area (Å²) in [5.74, 6) is 1.95. The zero-order valence-corrected chi connectivity index (χ0v) is 11.1. The highest BCUT2D eigenvalue weighted by Gasteiger charge is 2.39. The van der Waals surface area contributed by atoms with Crippen LogP contribution < -0.4 is 5.32 Å². The maximum Gasteiger partial charge on any atom is 0.230 e. The van der Waals surface area contributed by atoms with Gasteiger partial charge in [-0.05, 0) is 18.3 Å². The molecule has 1 saturated carbocycles. The van der Waals surface area contributed by atoms with E-state index in [1.54, 1.807) is 0 Å². The van der Waals surface area contributed by atoms with Crippen molar-refractivity contribution < 1.29 is 9.26 Å². The van der Waals surface area contributed by atoms with Crippen LogP contribution in [-0.2, 0) is 4.74 Å². The maximum atomic E-state index is 5.48. The predicted octanol–water partition coefficient (Wildman–Crippen LogP) is 2.02. The smallest absolute Gasteiger partial charge is 0.230 e. The van der Waals surface area contributed by atoms with E-state index in [0.717, 1.165) is 31.3 Å². The fraction of sp³-hybridized carbons (Fsp3) is 0.846. The molecule has 2 aliphatic rings. The molecule has 1 aliphatic carbocycles. The Morgan fingerprint density at radius 3 is 2.94 bits per heavy atom. The molecular weight excluding hydrogens is 230 g/mol. The van der Waals surface area contributed by atoms with Gasteiger partial charge >= 0.3 is 0 Å². The Bertz CT molecular complexity index is 410. The van der Waals surface area contributed by atoms with Crippen LogP contribution in [0.1, 0.15) is 56.8 Å². The standard InChI is InChI=1S/C13H21N3O2/c1-13(2)5-3-4-9(13)12-15-11(16-18-12)10-8-17-7-6-14-10/h9-10,14H,3-8H2,1-2H3. The van der Waals surface area contributed by atoms with Gasteiger partial charge in [0.15, 0.2) is 5.82 Å². The van der Waals surface area contributed by atoms with Crippen molar-refractivity contribution in [3.8, 4) is 0 Å². The van der Waals surface area contributed by atoms with Crippen molar-refractivity contribution in [1.29, 1.82) is 0 Å². The lowest BCUT2D eigenvalue weighted by molar-refractivity contribution is 0.0734. The van der Waals surface area contributed by atoms with Crippen LogP contribution >= 0.6 is 0 Å². The first kappa shape index (κ1) is 12.1. The number of aromatic nitrogens is 2. The highest BCUT2D eigenvalue weighted by molar-refractivity contribution is 5.05. The highest BCUT2D eigenvalue weighted by atomic mass is 16.5. The third-order valence-corrected chi connectivity index (χ3v) is 4.25. The van der Waals surface area contributed by atoms with Crippen LogP contribution in [-0.4, -0.2) is 29.9 Å². The molecule has 0 amide bonds. The van der Waals surface area contributed by atoms with Crippen molar-refractivity contribution >= 4 is 0 Å². The number of rotatable bonds is 2. The molecule has 100 valence electrons. The molecule has 1 aromatic rings. The maximum absolute atomic E-state index is 5.48. The summed E-state index contributed by atoms with van der Waals surface area (Å²) in [7, 11) is 0. The molecule has 1 aliphatic heterocycles. The summed E-state index contributed by atoms with van der Waals surface area (Å²) in [6.07, 6.45) is 3.64. The Hall–Kier alpha value is -0.940. The lowest BCUT2D eigenvalue weighted by Gasteiger charge is -2.23. The molecule has 2 heterocycles. The number of nitrogens with one attached hydrogen (secondary N) is 1. The van der Waals surface area contributed by atoms with Gasteiger partial charge in [0.25, 0.3) is 0 Å². The topological polar surface area (TPSA) is 60.2 Å². The molecule has 1 N–H and O–H groups in total. The van der Waals surface area contributed by atoms with E-state index in [2.05, 4.69) is 29.3 Å². The minimum absolute atomic E-state index is 0.0840. The average Bonchev–Trinajstić information content (AvgIpc) is 2.96. The highest BCUT2D eigenvalue weighted by Crippen LogP contribution is 2.48. The summed E-state index contributed by atoms with van der Waals surface area (Å²) >= 11 is 0. The van der Waals surface area contributed by atoms with Crippen molar-refractivity contribution in [2.24, 2.45) is 5.41 Å². The normalized spacial score (nSPS) is 31.7. The van der Waals surface area contributed by atoms with Gasteiger partial charge in [-0.25, -0.2) is 0 Å². The predicted molar refractivity (Wildman–Crippen MR) is 66.2 cm³/mol. The van der Waals surface area contributed by atoms with E-state index in [1.807, 2.05) is 0 Å². The summed E-state index contributed by atoms with van der Waals surface area (Å²) in [5.41, 5.74) is 0.278. The summed E-state index contributed by atoms with van der Waals surface area (Å²) in [6, 6.07) is 0.0840. The van der Waals surface area contributed by atoms with Crippen LogP contribution in [0, 0.1) is 5.41 Å². The molecule has 2 atom stereocenters. The Kier molecular flexibility index (Phi) is 3.11. The quantitative estimate of drug-likeness (QED) is 0.871. The largest absolute Gasteiger partial charge is 0.378 e. The van der Waals surface area contributed by atoms with Crippen molar-refractivity contribution in [3.05, 3.63) is 11.7 Å². The summed E-state index contributed by atoms with van der Waals surface area (Å²) < 4.78 is 10.9. The number of ether oxygens (including phenoxy) is 1. The van der Waals surface area contributed by atoms with Crippen molar-refractivity contribution in [2.75, 3.05) is 19.8 Å². The number of hydrogen-bond acceptors (Lipinski definition) is 5. The second kappa shape index (κ2) is 4.63. The van der Waals surface area contributed by atoms with Crippen LogP contribution in [0.4, 0.5) is 0 Å². The monoisotopic (exact) mass is 251 g/mol. The zero-order valence-electron chi connectivity index (χ0n) is 11.1. The van der Waals surface area contributed by atoms with E-state index < -0.39 is 0 Å². The van der Waals surface area contributed by atoms with Gasteiger partial charge in [-0.3, -0.25) is 0 Å². The lowest BCUT2D eigenvalue weighted by atomic mass is 9.82. The second-order valence-electron chi connectivity index (χ2n) is 6.01. The van der Waals surface area contributed by atoms with Crippen LogP contribution in [0.5, 0.6) is 0 Å². The number of hydrogen-bond donors (Lipinski definition) is 1. The van der Waals surface area contributed by atoms with Crippen molar-refractivity contribution in [1.82, 2.24) is 15.5 Å². The van der Waals surface area contributed by atoms with E-state index in [0.29, 0.717) is 12.5 Å². The first-order valence-electron chi connectivity index (χ1n) is 6.81. The minimum Gasteiger partial charge on any atom is -0.378 e. The Labute approximate surface area is 107 Å². The van der Waals surface area contributed by atoms with Gasteiger partial charge in [-0.1, -0.05) is 25.4 Å². The first-order valence-corrected chi connectivity index (χ1v) is 6.81. The third-order valence-electron chi connectivity index (χ3n) is 4.25. The minimum atomic E-state index is 0.0840. The van der Waals surface area contributed by atoms with Crippen LogP contribution in [0.2, 0.25) is 0 Å². The van der Waals surface area contributed by atoms with Gasteiger partial charge in [-0.15, -0.1) is 0 Å². The van der Waals surface area contributed by atoms with E-state index >= 15 is 0 Å². The molecule has 0 aromatic carbocycles. The van der Waals surface area contributed by atoms with E-state index in [-0.39, 0.29) is 11.5 Å². The molecule has 5 heteroatoms. The molecular formula is C13H21N3O2. The molecule has 0 radical (unpaired) electrons. The average molecular weight is 251 g/mol. The molecule has 2 fully saturated rings. The molecule has 5 nitrogen and oxygen atoms in total. The van der Waals surface area contributed by atoms with Gasteiger partial charge in [-0.2, -0.15) is 4.98 Å². The first-order chi connectivity index (χ1) is 8.67. The molecule has 1 aromatic heterocycles. The third kappa shape index (κ3) is 2.17. The SMILES string of the molecule is CC1(C)CCCC1c1nc(C2COCCN2)no1. The van der Waals surface area contributed by atoms with E-state index in [1.165, 1.54) is 12.8 Å². The van der Waals surface area contributed by atoms with E-state index in [9.17, 15) is 0 Å². The molecule has 3 rings (SSSR count). The van der Waals surface area contributed by atoms with E-state index in [4.69, 9.17) is 9.26 Å². The fourth-order valence-electron chi connectivity index (χ4n) is 3.05. The number of nitrogens with zero attached hydrogens (tertiary/aromatic N) is 2. The van der Waals surface area contributed by atoms with Gasteiger partial charge in [0, 0.05) is 12.5 Å². The Balaban J connectivity index is 1.76. The molecule has 1 saturated heterocycles. The Morgan fingerprint density at radius 1 is 1.39 bits per heavy atom. The molecule has 0 spiro atoms. The van der Waals surface area contributed by atoms with Crippen LogP contribution in [0.15, 0.2) is 4.52 Å². The summed E-state index contributed by atoms with van der Waals surface area (Å²) in [6.45, 7) is 6.82. The zero-order chi connectivity index (χ0) is 12.6. The van der Waals surface area contributed by atoms with Crippen LogP contribution in [0.25, 0.3) is 0 Å². The lowest BCUT2D eigenvalue weighted by Crippen LogP contribution is -2.35. The van der Waals surface area contributed by atoms with Crippen LogP contribution in [0.3, 0.4) is 0 Å². The molecule has 2 unspecified atom stereocenters. The fourth-order valence-corrected chi connectivity index (χ4v) is 3.05. The number of morpholine rings is 1. The second-order valence-corrected chi connectivity index (χ2v) is 6.01. The molecule has 0 bridgehead atoms. The van der Waals surface area contributed by atoms with Gasteiger partial charge in [0.05, 0.1) is 19.3 Å². The summed E-state index contributed by atoms with van der Waals surface area (Å²) in [5, 5.41) is 7.47. The van der Waals surface area contributed by atoms with Gasteiger partial charge < -0.3 is 14.6 Å². The molecule has 18 heavy (non-hydrogen) atoms. The Morgan fingerprint density at radius 2 is 2.28 bits per heavy atom.